The molecule has 0 bridgehead atoms. The number of nitro groups is 1. The monoisotopic (exact) mass is 251 g/mol. The second-order valence-corrected chi connectivity index (χ2v) is 3.55. The van der Waals surface area contributed by atoms with Crippen molar-refractivity contribution in [2.75, 3.05) is 13.6 Å². The van der Waals surface area contributed by atoms with Crippen molar-refractivity contribution in [1.82, 2.24) is 4.90 Å². The van der Waals surface area contributed by atoms with Gasteiger partial charge in [-0.05, 0) is 12.1 Å². The molecule has 0 N–H and O–H groups in total. The molecule has 0 fully saturated rings. The second kappa shape index (κ2) is 5.72. The molecule has 1 rings (SSSR count). The standard InChI is InChI=1S/C11H10FN3O3/c1-14(6-2-5-13)11(16)9-7-8(12)3-4-10(9)15(17)18/h3-4,7H,2,6H2,1H3. The molecule has 1 amide bonds. The maximum Gasteiger partial charge on any atom is 0.282 e. The highest BCUT2D eigenvalue weighted by Crippen LogP contribution is 2.20. The Hall–Kier alpha value is -2.49. The molecular weight excluding hydrogens is 241 g/mol. The number of carbonyl (C=O) groups is 1. The van der Waals surface area contributed by atoms with Crippen LogP contribution >= 0.6 is 0 Å². The predicted octanol–water partition coefficient (Wildman–Crippen LogP) is 1.72. The van der Waals surface area contributed by atoms with Crippen molar-refractivity contribution in [2.45, 2.75) is 6.42 Å². The van der Waals surface area contributed by atoms with Crippen molar-refractivity contribution in [3.8, 4) is 6.07 Å². The fourth-order valence-corrected chi connectivity index (χ4v) is 1.36. The van der Waals surface area contributed by atoms with Crippen LogP contribution in [0.5, 0.6) is 0 Å². The summed E-state index contributed by atoms with van der Waals surface area (Å²) in [6.45, 7) is 0.128. The zero-order chi connectivity index (χ0) is 13.7. The zero-order valence-electron chi connectivity index (χ0n) is 9.59. The molecule has 0 aliphatic heterocycles. The summed E-state index contributed by atoms with van der Waals surface area (Å²) < 4.78 is 13.0. The van der Waals surface area contributed by atoms with Gasteiger partial charge in [-0.3, -0.25) is 14.9 Å². The summed E-state index contributed by atoms with van der Waals surface area (Å²) >= 11 is 0. The van der Waals surface area contributed by atoms with Crippen molar-refractivity contribution < 1.29 is 14.1 Å². The summed E-state index contributed by atoms with van der Waals surface area (Å²) in [4.78, 5) is 23.0. The quantitative estimate of drug-likeness (QED) is 0.602. The normalized spacial score (nSPS) is 9.61. The van der Waals surface area contributed by atoms with Crippen molar-refractivity contribution in [1.29, 1.82) is 5.26 Å². The Balaban J connectivity index is 3.08. The Labute approximate surface area is 102 Å². The van der Waals surface area contributed by atoms with Crippen LogP contribution in [0.2, 0.25) is 0 Å². The van der Waals surface area contributed by atoms with Gasteiger partial charge in [0, 0.05) is 19.7 Å². The first-order valence-corrected chi connectivity index (χ1v) is 5.03. The van der Waals surface area contributed by atoms with Gasteiger partial charge in [-0.1, -0.05) is 0 Å². The third-order valence-electron chi connectivity index (χ3n) is 2.29. The lowest BCUT2D eigenvalue weighted by atomic mass is 10.1. The van der Waals surface area contributed by atoms with Gasteiger partial charge in [0.25, 0.3) is 11.6 Å². The van der Waals surface area contributed by atoms with E-state index in [-0.39, 0.29) is 18.5 Å². The molecule has 0 atom stereocenters. The van der Waals surface area contributed by atoms with Crippen molar-refractivity contribution >= 4 is 11.6 Å². The summed E-state index contributed by atoms with van der Waals surface area (Å²) in [7, 11) is 1.40. The van der Waals surface area contributed by atoms with Gasteiger partial charge in [0.2, 0.25) is 0 Å². The van der Waals surface area contributed by atoms with Crippen LogP contribution in [0.3, 0.4) is 0 Å². The minimum atomic E-state index is -0.745. The number of carbonyl (C=O) groups excluding carboxylic acids is 1. The highest BCUT2D eigenvalue weighted by atomic mass is 19.1. The van der Waals surface area contributed by atoms with Crippen LogP contribution < -0.4 is 0 Å². The average molecular weight is 251 g/mol. The highest BCUT2D eigenvalue weighted by molar-refractivity contribution is 5.98. The molecule has 6 nitrogen and oxygen atoms in total. The summed E-state index contributed by atoms with van der Waals surface area (Å²) in [5.74, 6) is -1.41. The number of nitro benzene ring substituents is 1. The molecule has 0 radical (unpaired) electrons. The van der Waals surface area contributed by atoms with E-state index in [1.807, 2.05) is 6.07 Å². The predicted molar refractivity (Wildman–Crippen MR) is 60.2 cm³/mol. The molecule has 7 heteroatoms. The summed E-state index contributed by atoms with van der Waals surface area (Å²) in [6, 6.07) is 4.54. The lowest BCUT2D eigenvalue weighted by Gasteiger charge is -2.15. The first-order valence-electron chi connectivity index (χ1n) is 5.03. The molecule has 18 heavy (non-hydrogen) atoms. The van der Waals surface area contributed by atoms with Crippen LogP contribution in [0.15, 0.2) is 18.2 Å². The third-order valence-corrected chi connectivity index (χ3v) is 2.29. The Morgan fingerprint density at radius 3 is 2.83 bits per heavy atom. The molecule has 94 valence electrons. The zero-order valence-corrected chi connectivity index (χ0v) is 9.59. The topological polar surface area (TPSA) is 87.2 Å². The van der Waals surface area contributed by atoms with E-state index in [1.165, 1.54) is 7.05 Å². The molecular formula is C11H10FN3O3. The van der Waals surface area contributed by atoms with Crippen molar-refractivity contribution in [2.24, 2.45) is 0 Å². The van der Waals surface area contributed by atoms with Crippen LogP contribution in [-0.2, 0) is 0 Å². The number of hydrogen-bond donors (Lipinski definition) is 0. The highest BCUT2D eigenvalue weighted by Gasteiger charge is 2.23. The molecule has 1 aromatic carbocycles. The van der Waals surface area contributed by atoms with E-state index in [1.54, 1.807) is 0 Å². The Kier molecular flexibility index (Phi) is 4.32. The maximum atomic E-state index is 13.0. The third kappa shape index (κ3) is 3.01. The van der Waals surface area contributed by atoms with Crippen LogP contribution in [0.4, 0.5) is 10.1 Å². The Morgan fingerprint density at radius 2 is 2.28 bits per heavy atom. The Bertz CT molecular complexity index is 525. The average Bonchev–Trinajstić information content (AvgIpc) is 2.34. The molecule has 0 aliphatic carbocycles. The summed E-state index contributed by atoms with van der Waals surface area (Å²) in [5, 5.41) is 19.1. The Morgan fingerprint density at radius 1 is 1.61 bits per heavy atom. The number of benzene rings is 1. The van der Waals surface area contributed by atoms with Gasteiger partial charge in [0.1, 0.15) is 11.4 Å². The molecule has 1 aromatic rings. The number of nitrogens with zero attached hydrogens (tertiary/aromatic N) is 3. The lowest BCUT2D eigenvalue weighted by molar-refractivity contribution is -0.385. The van der Waals surface area contributed by atoms with Gasteiger partial charge in [-0.15, -0.1) is 0 Å². The van der Waals surface area contributed by atoms with Gasteiger partial charge in [0.15, 0.2) is 0 Å². The number of rotatable bonds is 4. The first-order chi connectivity index (χ1) is 8.47. The summed E-state index contributed by atoms with van der Waals surface area (Å²) in [6.07, 6.45) is 0.103. The van der Waals surface area contributed by atoms with Crippen molar-refractivity contribution in [3.63, 3.8) is 0 Å². The van der Waals surface area contributed by atoms with Gasteiger partial charge >= 0.3 is 0 Å². The number of hydrogen-bond acceptors (Lipinski definition) is 4. The van der Waals surface area contributed by atoms with Crippen LogP contribution in [-0.4, -0.2) is 29.3 Å². The molecule has 0 heterocycles. The minimum Gasteiger partial charge on any atom is -0.340 e. The largest absolute Gasteiger partial charge is 0.340 e. The summed E-state index contributed by atoms with van der Waals surface area (Å²) in [5.41, 5.74) is -0.773. The smallest absolute Gasteiger partial charge is 0.282 e. The fourth-order valence-electron chi connectivity index (χ4n) is 1.36. The van der Waals surface area contributed by atoms with Gasteiger partial charge in [0.05, 0.1) is 17.4 Å². The van der Waals surface area contributed by atoms with Crippen molar-refractivity contribution in [3.05, 3.63) is 39.7 Å². The van der Waals surface area contributed by atoms with E-state index < -0.39 is 22.3 Å². The maximum absolute atomic E-state index is 13.0. The molecule has 0 unspecified atom stereocenters. The molecule has 0 aromatic heterocycles. The fraction of sp³-hybridized carbons (Fsp3) is 0.273. The number of nitriles is 1. The molecule has 0 saturated carbocycles. The van der Waals surface area contributed by atoms with E-state index in [2.05, 4.69) is 0 Å². The van der Waals surface area contributed by atoms with Gasteiger partial charge in [-0.25, -0.2) is 4.39 Å². The van der Waals surface area contributed by atoms with E-state index in [0.29, 0.717) is 0 Å². The minimum absolute atomic E-state index is 0.103. The van der Waals surface area contributed by atoms with E-state index >= 15 is 0 Å². The SMILES string of the molecule is CN(CCC#N)C(=O)c1cc(F)ccc1[N+](=O)[O-]. The molecule has 0 aliphatic rings. The van der Waals surface area contributed by atoms with Gasteiger partial charge < -0.3 is 4.90 Å². The number of halogens is 1. The first kappa shape index (κ1) is 13.6. The van der Waals surface area contributed by atoms with E-state index in [4.69, 9.17) is 5.26 Å². The molecule has 0 saturated heterocycles. The van der Waals surface area contributed by atoms with Crippen LogP contribution in [0.25, 0.3) is 0 Å². The second-order valence-electron chi connectivity index (χ2n) is 3.55. The van der Waals surface area contributed by atoms with E-state index in [0.717, 1.165) is 23.1 Å². The van der Waals surface area contributed by atoms with E-state index in [9.17, 15) is 19.3 Å². The molecule has 0 spiro atoms. The lowest BCUT2D eigenvalue weighted by Crippen LogP contribution is -2.28. The number of amides is 1. The van der Waals surface area contributed by atoms with Crippen LogP contribution in [0, 0.1) is 27.3 Å². The van der Waals surface area contributed by atoms with Gasteiger partial charge in [-0.2, -0.15) is 5.26 Å². The van der Waals surface area contributed by atoms with Crippen LogP contribution in [0.1, 0.15) is 16.8 Å².